The van der Waals surface area contributed by atoms with Crippen molar-refractivity contribution in [2.45, 2.75) is 19.1 Å². The van der Waals surface area contributed by atoms with Crippen molar-refractivity contribution in [3.05, 3.63) is 29.3 Å². The molecule has 7 heteroatoms. The predicted octanol–water partition coefficient (Wildman–Crippen LogP) is 2.13. The minimum absolute atomic E-state index is 0.0932. The van der Waals surface area contributed by atoms with E-state index in [0.29, 0.717) is 0 Å². The standard InChI is InChI=1S/C11H12F3NO3/c1-2-18-10(17)6-3-4-8(16)7(5-6)9(15)11(12,13)14/h3-5,9,16H,2,15H2,1H3/t9-/m1/s1. The first-order valence-corrected chi connectivity index (χ1v) is 5.09. The van der Waals surface area contributed by atoms with Crippen molar-refractivity contribution in [2.75, 3.05) is 6.61 Å². The van der Waals surface area contributed by atoms with Gasteiger partial charge in [-0.15, -0.1) is 0 Å². The van der Waals surface area contributed by atoms with E-state index in [4.69, 9.17) is 5.73 Å². The SMILES string of the molecule is CCOC(=O)c1ccc(O)c([C@@H](N)C(F)(F)F)c1. The van der Waals surface area contributed by atoms with Crippen molar-refractivity contribution < 1.29 is 27.8 Å². The minimum atomic E-state index is -4.70. The van der Waals surface area contributed by atoms with E-state index in [0.717, 1.165) is 12.1 Å². The summed E-state index contributed by atoms with van der Waals surface area (Å²) in [6, 6.07) is 0.672. The van der Waals surface area contributed by atoms with Crippen LogP contribution >= 0.6 is 0 Å². The number of hydrogen-bond donors (Lipinski definition) is 2. The molecule has 18 heavy (non-hydrogen) atoms. The van der Waals surface area contributed by atoms with Gasteiger partial charge in [-0.05, 0) is 25.1 Å². The summed E-state index contributed by atoms with van der Waals surface area (Å²) in [5.74, 6) is -1.39. The normalized spacial score (nSPS) is 13.2. The van der Waals surface area contributed by atoms with Crippen molar-refractivity contribution in [1.29, 1.82) is 0 Å². The highest BCUT2D eigenvalue weighted by Crippen LogP contribution is 2.35. The largest absolute Gasteiger partial charge is 0.508 e. The van der Waals surface area contributed by atoms with E-state index in [-0.39, 0.29) is 12.2 Å². The first-order chi connectivity index (χ1) is 8.27. The zero-order chi connectivity index (χ0) is 13.9. The molecule has 0 aliphatic heterocycles. The molecular formula is C11H12F3NO3. The summed E-state index contributed by atoms with van der Waals surface area (Å²) in [5.41, 5.74) is 4.32. The topological polar surface area (TPSA) is 72.5 Å². The summed E-state index contributed by atoms with van der Waals surface area (Å²) in [6.45, 7) is 1.67. The van der Waals surface area contributed by atoms with Crippen molar-refractivity contribution in [1.82, 2.24) is 0 Å². The van der Waals surface area contributed by atoms with Crippen LogP contribution in [0.4, 0.5) is 13.2 Å². The molecule has 1 atom stereocenters. The molecule has 0 spiro atoms. The summed E-state index contributed by atoms with van der Waals surface area (Å²) >= 11 is 0. The van der Waals surface area contributed by atoms with Gasteiger partial charge in [0.1, 0.15) is 11.8 Å². The number of nitrogens with two attached hydrogens (primary N) is 1. The molecule has 1 aromatic carbocycles. The molecule has 0 amide bonds. The lowest BCUT2D eigenvalue weighted by molar-refractivity contribution is -0.149. The van der Waals surface area contributed by atoms with E-state index < -0.39 is 29.5 Å². The quantitative estimate of drug-likeness (QED) is 0.819. The Morgan fingerprint density at radius 2 is 2.11 bits per heavy atom. The van der Waals surface area contributed by atoms with Crippen LogP contribution in [0.3, 0.4) is 0 Å². The van der Waals surface area contributed by atoms with Gasteiger partial charge in [0.05, 0.1) is 12.2 Å². The Hall–Kier alpha value is -1.76. The zero-order valence-corrected chi connectivity index (χ0v) is 9.49. The first-order valence-electron chi connectivity index (χ1n) is 5.09. The lowest BCUT2D eigenvalue weighted by atomic mass is 10.0. The second kappa shape index (κ2) is 5.26. The van der Waals surface area contributed by atoms with Crippen molar-refractivity contribution >= 4 is 5.97 Å². The molecule has 100 valence electrons. The predicted molar refractivity (Wildman–Crippen MR) is 57.0 cm³/mol. The summed E-state index contributed by atoms with van der Waals surface area (Å²) in [6.07, 6.45) is -4.70. The molecule has 0 fully saturated rings. The fourth-order valence-corrected chi connectivity index (χ4v) is 1.32. The summed E-state index contributed by atoms with van der Waals surface area (Å²) < 4.78 is 42.0. The Bertz CT molecular complexity index is 446. The van der Waals surface area contributed by atoms with Gasteiger partial charge in [0, 0.05) is 5.56 Å². The van der Waals surface area contributed by atoms with Gasteiger partial charge in [0.2, 0.25) is 0 Å². The molecule has 0 saturated carbocycles. The molecule has 0 aromatic heterocycles. The Morgan fingerprint density at radius 1 is 1.50 bits per heavy atom. The number of phenols is 1. The van der Waals surface area contributed by atoms with Crippen LogP contribution in [0.25, 0.3) is 0 Å². The number of benzene rings is 1. The van der Waals surface area contributed by atoms with Gasteiger partial charge >= 0.3 is 12.1 Å². The number of aromatic hydroxyl groups is 1. The lowest BCUT2D eigenvalue weighted by Gasteiger charge is -2.17. The highest BCUT2D eigenvalue weighted by atomic mass is 19.4. The van der Waals surface area contributed by atoms with Crippen molar-refractivity contribution in [3.63, 3.8) is 0 Å². The molecule has 0 heterocycles. The van der Waals surface area contributed by atoms with Gasteiger partial charge in [0.25, 0.3) is 0 Å². The van der Waals surface area contributed by atoms with Crippen molar-refractivity contribution in [2.24, 2.45) is 5.73 Å². The van der Waals surface area contributed by atoms with Gasteiger partial charge in [-0.25, -0.2) is 4.79 Å². The zero-order valence-electron chi connectivity index (χ0n) is 9.49. The van der Waals surface area contributed by atoms with Crippen LogP contribution in [-0.4, -0.2) is 23.9 Å². The smallest absolute Gasteiger partial charge is 0.407 e. The van der Waals surface area contributed by atoms with E-state index in [2.05, 4.69) is 4.74 Å². The Balaban J connectivity index is 3.13. The third-order valence-corrected chi connectivity index (χ3v) is 2.23. The van der Waals surface area contributed by atoms with Crippen molar-refractivity contribution in [3.8, 4) is 5.75 Å². The second-order valence-corrected chi connectivity index (χ2v) is 3.51. The van der Waals surface area contributed by atoms with Crippen LogP contribution in [-0.2, 0) is 4.74 Å². The van der Waals surface area contributed by atoms with E-state index in [1.807, 2.05) is 0 Å². The summed E-state index contributed by atoms with van der Waals surface area (Å²) in [7, 11) is 0. The molecule has 0 aliphatic carbocycles. The number of carbonyl (C=O) groups excluding carboxylic acids is 1. The maximum atomic E-state index is 12.4. The molecule has 1 rings (SSSR count). The number of halogens is 3. The van der Waals surface area contributed by atoms with Gasteiger partial charge in [-0.3, -0.25) is 0 Å². The number of phenolic OH excluding ortho intramolecular Hbond substituents is 1. The van der Waals surface area contributed by atoms with E-state index in [1.54, 1.807) is 6.92 Å². The fraction of sp³-hybridized carbons (Fsp3) is 0.364. The number of rotatable bonds is 3. The number of carbonyl (C=O) groups is 1. The summed E-state index contributed by atoms with van der Waals surface area (Å²) in [4.78, 5) is 11.4. The maximum absolute atomic E-state index is 12.4. The number of esters is 1. The van der Waals surface area contributed by atoms with Crippen LogP contribution in [0.15, 0.2) is 18.2 Å². The van der Waals surface area contributed by atoms with Gasteiger partial charge < -0.3 is 15.6 Å². The van der Waals surface area contributed by atoms with E-state index >= 15 is 0 Å². The average Bonchev–Trinajstić information content (AvgIpc) is 2.27. The maximum Gasteiger partial charge on any atom is 0.407 e. The summed E-state index contributed by atoms with van der Waals surface area (Å²) in [5, 5.41) is 9.35. The Kier molecular flexibility index (Phi) is 4.18. The molecule has 4 nitrogen and oxygen atoms in total. The van der Waals surface area contributed by atoms with E-state index in [1.165, 1.54) is 6.07 Å². The second-order valence-electron chi connectivity index (χ2n) is 3.51. The van der Waals surface area contributed by atoms with Gasteiger partial charge in [-0.1, -0.05) is 0 Å². The molecular weight excluding hydrogens is 251 g/mol. The average molecular weight is 263 g/mol. The highest BCUT2D eigenvalue weighted by Gasteiger charge is 2.39. The third-order valence-electron chi connectivity index (χ3n) is 2.23. The Morgan fingerprint density at radius 3 is 2.61 bits per heavy atom. The van der Waals surface area contributed by atoms with Crippen LogP contribution in [0.5, 0.6) is 5.75 Å². The lowest BCUT2D eigenvalue weighted by Crippen LogP contribution is -2.28. The van der Waals surface area contributed by atoms with E-state index in [9.17, 15) is 23.1 Å². The highest BCUT2D eigenvalue weighted by molar-refractivity contribution is 5.89. The van der Waals surface area contributed by atoms with Crippen LogP contribution in [0.1, 0.15) is 28.9 Å². The molecule has 0 aliphatic rings. The number of alkyl halides is 3. The third kappa shape index (κ3) is 3.13. The monoisotopic (exact) mass is 263 g/mol. The van der Waals surface area contributed by atoms with Gasteiger partial charge in [-0.2, -0.15) is 13.2 Å². The number of ether oxygens (including phenoxy) is 1. The Labute approximate surface area is 101 Å². The molecule has 0 radical (unpaired) electrons. The molecule has 1 aromatic rings. The number of hydrogen-bond acceptors (Lipinski definition) is 4. The molecule has 0 saturated heterocycles. The first kappa shape index (κ1) is 14.3. The molecule has 0 unspecified atom stereocenters. The van der Waals surface area contributed by atoms with Crippen LogP contribution in [0.2, 0.25) is 0 Å². The molecule has 0 bridgehead atoms. The fourth-order valence-electron chi connectivity index (χ4n) is 1.32. The van der Waals surface area contributed by atoms with Crippen LogP contribution < -0.4 is 5.73 Å². The minimum Gasteiger partial charge on any atom is -0.508 e. The van der Waals surface area contributed by atoms with Gasteiger partial charge in [0.15, 0.2) is 0 Å². The van der Waals surface area contributed by atoms with Crippen LogP contribution in [0, 0.1) is 0 Å². The molecule has 3 N–H and O–H groups in total.